The van der Waals surface area contributed by atoms with Crippen LogP contribution in [0.3, 0.4) is 0 Å². The molecule has 2 aromatic carbocycles. The third-order valence-electron chi connectivity index (χ3n) is 3.12. The fourth-order valence-corrected chi connectivity index (χ4v) is 1.69. The molecule has 23 heavy (non-hydrogen) atoms. The summed E-state index contributed by atoms with van der Waals surface area (Å²) in [5.41, 5.74) is 3.00. The normalized spacial score (nSPS) is 10.3. The van der Waals surface area contributed by atoms with Crippen LogP contribution in [-0.4, -0.2) is 0 Å². The van der Waals surface area contributed by atoms with Crippen molar-refractivity contribution in [2.75, 3.05) is 0 Å². The van der Waals surface area contributed by atoms with Gasteiger partial charge in [0, 0.05) is 0 Å². The van der Waals surface area contributed by atoms with E-state index in [9.17, 15) is 13.2 Å². The molecule has 0 aliphatic rings. The number of aryl methyl sites for hydroxylation is 2. The number of rotatable bonds is 1. The van der Waals surface area contributed by atoms with Gasteiger partial charge in [0.25, 0.3) is 0 Å². The van der Waals surface area contributed by atoms with E-state index in [1.807, 2.05) is 27.7 Å². The number of halogens is 3. The van der Waals surface area contributed by atoms with Crippen molar-refractivity contribution in [3.05, 3.63) is 70.8 Å². The molecule has 0 amide bonds. The summed E-state index contributed by atoms with van der Waals surface area (Å²) < 4.78 is 36.4. The second kappa shape index (κ2) is 10.1. The van der Waals surface area contributed by atoms with Crippen molar-refractivity contribution >= 4 is 0 Å². The van der Waals surface area contributed by atoms with Gasteiger partial charge in [-0.25, -0.2) is 0 Å². The van der Waals surface area contributed by atoms with Crippen molar-refractivity contribution in [3.8, 4) is 0 Å². The predicted octanol–water partition coefficient (Wildman–Crippen LogP) is 7.16. The maximum absolute atomic E-state index is 12.1. The molecule has 0 bridgehead atoms. The minimum atomic E-state index is -4.23. The Balaban J connectivity index is 0.000000414. The van der Waals surface area contributed by atoms with Crippen LogP contribution in [0.5, 0.6) is 0 Å². The topological polar surface area (TPSA) is 0 Å². The molecule has 0 atom stereocenters. The minimum Gasteiger partial charge on any atom is -0.166 e. The monoisotopic (exact) mass is 324 g/mol. The van der Waals surface area contributed by atoms with Crippen molar-refractivity contribution in [1.29, 1.82) is 0 Å². The molecule has 0 aliphatic carbocycles. The van der Waals surface area contributed by atoms with Gasteiger partial charge in [-0.15, -0.1) is 0 Å². The van der Waals surface area contributed by atoms with E-state index in [4.69, 9.17) is 0 Å². The van der Waals surface area contributed by atoms with Gasteiger partial charge >= 0.3 is 6.18 Å². The average Bonchev–Trinajstić information content (AvgIpc) is 2.52. The van der Waals surface area contributed by atoms with E-state index in [2.05, 4.69) is 38.1 Å². The number of benzene rings is 2. The first-order chi connectivity index (χ1) is 10.7. The van der Waals surface area contributed by atoms with Gasteiger partial charge in [-0.1, -0.05) is 75.2 Å². The highest BCUT2D eigenvalue weighted by Crippen LogP contribution is 2.29. The van der Waals surface area contributed by atoms with E-state index >= 15 is 0 Å². The van der Waals surface area contributed by atoms with Crippen LogP contribution in [0.4, 0.5) is 13.2 Å². The van der Waals surface area contributed by atoms with E-state index in [0.717, 1.165) is 17.7 Å². The standard InChI is InChI=1S/C10H11F3.C8H10.C2H6/c1-7(2)8-3-5-9(6-4-8)10(11,12)13;1-7-3-5-8(2)6-4-7;1-2/h3-7H,1-2H3;3-6H,1-2H3;1-2H3. The molecule has 128 valence electrons. The van der Waals surface area contributed by atoms with Crippen molar-refractivity contribution < 1.29 is 13.2 Å². The van der Waals surface area contributed by atoms with Gasteiger partial charge < -0.3 is 0 Å². The van der Waals surface area contributed by atoms with Crippen LogP contribution >= 0.6 is 0 Å². The van der Waals surface area contributed by atoms with Crippen LogP contribution < -0.4 is 0 Å². The van der Waals surface area contributed by atoms with Gasteiger partial charge in [0.2, 0.25) is 0 Å². The second-order valence-electron chi connectivity index (χ2n) is 5.43. The van der Waals surface area contributed by atoms with Gasteiger partial charge in [-0.2, -0.15) is 13.2 Å². The Bertz CT molecular complexity index is 514. The Morgan fingerprint density at radius 2 is 1.04 bits per heavy atom. The van der Waals surface area contributed by atoms with Crippen molar-refractivity contribution in [2.24, 2.45) is 0 Å². The van der Waals surface area contributed by atoms with E-state index in [1.54, 1.807) is 0 Å². The van der Waals surface area contributed by atoms with Crippen molar-refractivity contribution in [3.63, 3.8) is 0 Å². The van der Waals surface area contributed by atoms with Crippen molar-refractivity contribution in [2.45, 2.75) is 53.6 Å². The number of hydrogen-bond acceptors (Lipinski definition) is 0. The first-order valence-corrected chi connectivity index (χ1v) is 7.90. The molecular weight excluding hydrogens is 297 g/mol. The summed E-state index contributed by atoms with van der Waals surface area (Å²) in [5, 5.41) is 0. The Kier molecular flexibility index (Phi) is 9.31. The Labute approximate surface area is 138 Å². The fraction of sp³-hybridized carbons (Fsp3) is 0.400. The van der Waals surface area contributed by atoms with Crippen LogP contribution in [0.25, 0.3) is 0 Å². The maximum Gasteiger partial charge on any atom is 0.416 e. The Morgan fingerprint density at radius 3 is 1.30 bits per heavy atom. The lowest BCUT2D eigenvalue weighted by Crippen LogP contribution is -2.04. The van der Waals surface area contributed by atoms with Crippen LogP contribution in [-0.2, 0) is 6.18 Å². The summed E-state index contributed by atoms with van der Waals surface area (Å²) in [7, 11) is 0. The summed E-state index contributed by atoms with van der Waals surface area (Å²) in [6.45, 7) is 12.1. The number of hydrogen-bond donors (Lipinski definition) is 0. The largest absolute Gasteiger partial charge is 0.416 e. The predicted molar refractivity (Wildman–Crippen MR) is 92.8 cm³/mol. The minimum absolute atomic E-state index is 0.266. The Morgan fingerprint density at radius 1 is 0.696 bits per heavy atom. The summed E-state index contributed by atoms with van der Waals surface area (Å²) in [6, 6.07) is 13.8. The first-order valence-electron chi connectivity index (χ1n) is 7.90. The zero-order valence-corrected chi connectivity index (χ0v) is 14.8. The highest BCUT2D eigenvalue weighted by atomic mass is 19.4. The maximum atomic E-state index is 12.1. The second-order valence-corrected chi connectivity index (χ2v) is 5.43. The lowest BCUT2D eigenvalue weighted by atomic mass is 10.0. The zero-order valence-electron chi connectivity index (χ0n) is 14.8. The zero-order chi connectivity index (χ0) is 18.0. The molecule has 0 N–H and O–H groups in total. The molecule has 0 unspecified atom stereocenters. The third kappa shape index (κ3) is 8.44. The Hall–Kier alpha value is -1.77. The third-order valence-corrected chi connectivity index (χ3v) is 3.12. The first kappa shape index (κ1) is 21.2. The smallest absolute Gasteiger partial charge is 0.166 e. The molecule has 2 rings (SSSR count). The molecule has 3 heteroatoms. The van der Waals surface area contributed by atoms with Gasteiger partial charge in [0.1, 0.15) is 0 Å². The van der Waals surface area contributed by atoms with Crippen LogP contribution in [0.15, 0.2) is 48.5 Å². The molecule has 0 spiro atoms. The summed E-state index contributed by atoms with van der Waals surface area (Å²) >= 11 is 0. The molecule has 0 saturated carbocycles. The molecule has 0 radical (unpaired) electrons. The molecule has 0 saturated heterocycles. The summed E-state index contributed by atoms with van der Waals surface area (Å²) in [6.07, 6.45) is -4.23. The molecule has 0 nitrogen and oxygen atoms in total. The highest BCUT2D eigenvalue weighted by Gasteiger charge is 2.29. The molecule has 0 fully saturated rings. The SMILES string of the molecule is CC.CC(C)c1ccc(C(F)(F)F)cc1.Cc1ccc(C)cc1. The molecule has 0 heterocycles. The van der Waals surface area contributed by atoms with Gasteiger partial charge in [-0.05, 0) is 37.5 Å². The quantitative estimate of drug-likeness (QED) is 0.522. The van der Waals surface area contributed by atoms with E-state index < -0.39 is 11.7 Å². The summed E-state index contributed by atoms with van der Waals surface area (Å²) in [4.78, 5) is 0. The molecule has 0 aromatic heterocycles. The lowest BCUT2D eigenvalue weighted by molar-refractivity contribution is -0.137. The summed E-state index contributed by atoms with van der Waals surface area (Å²) in [5.74, 6) is 0.266. The number of alkyl halides is 3. The molecule has 2 aromatic rings. The van der Waals surface area contributed by atoms with Gasteiger partial charge in [0.15, 0.2) is 0 Å². The van der Waals surface area contributed by atoms with Crippen LogP contribution in [0, 0.1) is 13.8 Å². The van der Waals surface area contributed by atoms with Gasteiger partial charge in [0.05, 0.1) is 5.56 Å². The average molecular weight is 324 g/mol. The van der Waals surface area contributed by atoms with Crippen LogP contribution in [0.2, 0.25) is 0 Å². The molecular formula is C20H27F3. The van der Waals surface area contributed by atoms with Crippen LogP contribution in [0.1, 0.15) is 55.9 Å². The van der Waals surface area contributed by atoms with Crippen molar-refractivity contribution in [1.82, 2.24) is 0 Å². The highest BCUT2D eigenvalue weighted by molar-refractivity contribution is 5.26. The van der Waals surface area contributed by atoms with E-state index in [0.29, 0.717) is 0 Å². The van der Waals surface area contributed by atoms with Gasteiger partial charge in [-0.3, -0.25) is 0 Å². The fourth-order valence-electron chi connectivity index (χ4n) is 1.69. The van der Waals surface area contributed by atoms with E-state index in [1.165, 1.54) is 23.3 Å². The van der Waals surface area contributed by atoms with E-state index in [-0.39, 0.29) is 5.92 Å². The molecule has 0 aliphatic heterocycles. The lowest BCUT2D eigenvalue weighted by Gasteiger charge is -2.09.